The van der Waals surface area contributed by atoms with E-state index in [-0.39, 0.29) is 6.10 Å². The van der Waals surface area contributed by atoms with E-state index in [9.17, 15) is 5.11 Å². The van der Waals surface area contributed by atoms with Crippen LogP contribution in [-0.2, 0) is 0 Å². The Bertz CT molecular complexity index is 205. The first-order chi connectivity index (χ1) is 7.20. The molecule has 1 aliphatic carbocycles. The van der Waals surface area contributed by atoms with E-state index in [1.165, 1.54) is 38.6 Å². The van der Waals surface area contributed by atoms with Crippen LogP contribution in [0.2, 0.25) is 0 Å². The molecular formula is C13H25NO. The minimum Gasteiger partial charge on any atom is -0.391 e. The number of rotatable bonds is 2. The Hall–Kier alpha value is -0.0800. The molecule has 0 radical (unpaired) electrons. The molecule has 15 heavy (non-hydrogen) atoms. The van der Waals surface area contributed by atoms with Crippen molar-refractivity contribution in [2.24, 2.45) is 5.92 Å². The Kier molecular flexibility index (Phi) is 3.68. The number of nitrogens with zero attached hydrogens (tertiary/aromatic N) is 1. The summed E-state index contributed by atoms with van der Waals surface area (Å²) in [5.41, 5.74) is 0. The molecule has 1 saturated carbocycles. The second kappa shape index (κ2) is 4.84. The molecule has 0 aromatic heterocycles. The topological polar surface area (TPSA) is 23.5 Å². The third-order valence-electron chi connectivity index (χ3n) is 4.23. The normalized spacial score (nSPS) is 38.8. The monoisotopic (exact) mass is 211 g/mol. The summed E-state index contributed by atoms with van der Waals surface area (Å²) in [4.78, 5) is 2.61. The zero-order valence-electron chi connectivity index (χ0n) is 10.2. The molecule has 1 N–H and O–H groups in total. The summed E-state index contributed by atoms with van der Waals surface area (Å²) in [6, 6.07) is 1.19. The van der Waals surface area contributed by atoms with Gasteiger partial charge >= 0.3 is 0 Å². The molecule has 1 heterocycles. The average Bonchev–Trinajstić information content (AvgIpc) is 2.67. The molecule has 0 amide bonds. The molecule has 2 rings (SSSR count). The van der Waals surface area contributed by atoms with E-state index in [0.29, 0.717) is 6.04 Å². The molecule has 1 aliphatic heterocycles. The lowest BCUT2D eigenvalue weighted by atomic mass is 9.89. The van der Waals surface area contributed by atoms with Gasteiger partial charge in [0, 0.05) is 12.1 Å². The van der Waals surface area contributed by atoms with Crippen LogP contribution in [0.15, 0.2) is 0 Å². The molecule has 2 aliphatic rings. The van der Waals surface area contributed by atoms with Crippen LogP contribution in [-0.4, -0.2) is 34.7 Å². The molecule has 2 heteroatoms. The van der Waals surface area contributed by atoms with Gasteiger partial charge in [-0.05, 0) is 38.1 Å². The van der Waals surface area contributed by atoms with Gasteiger partial charge in [-0.25, -0.2) is 0 Å². The SMILES string of the molecule is CC(C)C1CCCN1C1CCCCC1O. The summed E-state index contributed by atoms with van der Waals surface area (Å²) in [5, 5.41) is 10.1. The lowest BCUT2D eigenvalue weighted by Gasteiger charge is -2.40. The minimum atomic E-state index is -0.0573. The molecule has 2 fully saturated rings. The summed E-state index contributed by atoms with van der Waals surface area (Å²) in [7, 11) is 0. The van der Waals surface area contributed by atoms with Crippen LogP contribution < -0.4 is 0 Å². The Balaban J connectivity index is 2.01. The first-order valence-electron chi connectivity index (χ1n) is 6.64. The number of aliphatic hydroxyl groups is 1. The molecular weight excluding hydrogens is 186 g/mol. The molecule has 0 aromatic rings. The quantitative estimate of drug-likeness (QED) is 0.758. The standard InChI is InChI=1S/C13H25NO/c1-10(2)11-7-5-9-14(11)12-6-3-4-8-13(12)15/h10-13,15H,3-9H2,1-2H3. The summed E-state index contributed by atoms with van der Waals surface area (Å²) in [5.74, 6) is 0.738. The van der Waals surface area contributed by atoms with E-state index in [1.807, 2.05) is 0 Å². The van der Waals surface area contributed by atoms with Gasteiger partial charge in [-0.3, -0.25) is 4.90 Å². The highest BCUT2D eigenvalue weighted by atomic mass is 16.3. The van der Waals surface area contributed by atoms with Gasteiger partial charge < -0.3 is 5.11 Å². The number of aliphatic hydroxyl groups excluding tert-OH is 1. The van der Waals surface area contributed by atoms with Crippen molar-refractivity contribution in [2.75, 3.05) is 6.54 Å². The highest BCUT2D eigenvalue weighted by Gasteiger charge is 2.36. The van der Waals surface area contributed by atoms with Gasteiger partial charge in [-0.15, -0.1) is 0 Å². The van der Waals surface area contributed by atoms with Crippen molar-refractivity contribution in [3.8, 4) is 0 Å². The van der Waals surface area contributed by atoms with Crippen molar-refractivity contribution in [2.45, 2.75) is 70.6 Å². The molecule has 3 atom stereocenters. The van der Waals surface area contributed by atoms with Crippen LogP contribution in [0.3, 0.4) is 0 Å². The van der Waals surface area contributed by atoms with Crippen molar-refractivity contribution in [3.05, 3.63) is 0 Å². The van der Waals surface area contributed by atoms with Crippen LogP contribution in [0, 0.1) is 5.92 Å². The van der Waals surface area contributed by atoms with Crippen molar-refractivity contribution >= 4 is 0 Å². The van der Waals surface area contributed by atoms with Gasteiger partial charge in [-0.1, -0.05) is 26.7 Å². The predicted octanol–water partition coefficient (Wildman–Crippen LogP) is 2.41. The maximum absolute atomic E-state index is 10.1. The van der Waals surface area contributed by atoms with Crippen molar-refractivity contribution in [1.82, 2.24) is 4.90 Å². The highest BCUT2D eigenvalue weighted by Crippen LogP contribution is 2.32. The average molecular weight is 211 g/mol. The molecule has 1 saturated heterocycles. The van der Waals surface area contributed by atoms with Gasteiger partial charge in [0.15, 0.2) is 0 Å². The first kappa shape index (κ1) is 11.4. The van der Waals surface area contributed by atoms with E-state index in [1.54, 1.807) is 0 Å². The fourth-order valence-corrected chi connectivity index (χ4v) is 3.42. The second-order valence-corrected chi connectivity index (χ2v) is 5.61. The fourth-order valence-electron chi connectivity index (χ4n) is 3.42. The number of hydrogen-bond acceptors (Lipinski definition) is 2. The van der Waals surface area contributed by atoms with Crippen LogP contribution in [0.25, 0.3) is 0 Å². The molecule has 88 valence electrons. The molecule has 0 bridgehead atoms. The Morgan fingerprint density at radius 3 is 2.47 bits per heavy atom. The highest BCUT2D eigenvalue weighted by molar-refractivity contribution is 4.91. The van der Waals surface area contributed by atoms with Crippen LogP contribution in [0.5, 0.6) is 0 Å². The van der Waals surface area contributed by atoms with Crippen molar-refractivity contribution < 1.29 is 5.11 Å². The maximum Gasteiger partial charge on any atom is 0.0695 e. The lowest BCUT2D eigenvalue weighted by molar-refractivity contribution is 0.00528. The van der Waals surface area contributed by atoms with Crippen LogP contribution in [0.4, 0.5) is 0 Å². The first-order valence-corrected chi connectivity index (χ1v) is 6.64. The van der Waals surface area contributed by atoms with E-state index in [4.69, 9.17) is 0 Å². The third kappa shape index (κ3) is 2.36. The summed E-state index contributed by atoms with van der Waals surface area (Å²) >= 11 is 0. The second-order valence-electron chi connectivity index (χ2n) is 5.61. The van der Waals surface area contributed by atoms with Crippen molar-refractivity contribution in [3.63, 3.8) is 0 Å². The Labute approximate surface area is 93.7 Å². The summed E-state index contributed by atoms with van der Waals surface area (Å²) in [6.07, 6.45) is 7.36. The number of hydrogen-bond donors (Lipinski definition) is 1. The third-order valence-corrected chi connectivity index (χ3v) is 4.23. The van der Waals surface area contributed by atoms with Crippen LogP contribution >= 0.6 is 0 Å². The summed E-state index contributed by atoms with van der Waals surface area (Å²) in [6.45, 7) is 5.85. The van der Waals surface area contributed by atoms with E-state index < -0.39 is 0 Å². The lowest BCUT2D eigenvalue weighted by Crippen LogP contribution is -2.49. The Morgan fingerprint density at radius 1 is 1.07 bits per heavy atom. The number of likely N-dealkylation sites (tertiary alicyclic amines) is 1. The van der Waals surface area contributed by atoms with Gasteiger partial charge in [0.25, 0.3) is 0 Å². The smallest absolute Gasteiger partial charge is 0.0695 e. The Morgan fingerprint density at radius 2 is 1.80 bits per heavy atom. The van der Waals surface area contributed by atoms with Crippen molar-refractivity contribution in [1.29, 1.82) is 0 Å². The van der Waals surface area contributed by atoms with Gasteiger partial charge in [0.2, 0.25) is 0 Å². The minimum absolute atomic E-state index is 0.0573. The molecule has 0 aromatic carbocycles. The molecule has 2 nitrogen and oxygen atoms in total. The van der Waals surface area contributed by atoms with Crippen LogP contribution in [0.1, 0.15) is 52.4 Å². The van der Waals surface area contributed by atoms with Gasteiger partial charge in [0.05, 0.1) is 6.10 Å². The molecule has 0 spiro atoms. The fraction of sp³-hybridized carbons (Fsp3) is 1.00. The van der Waals surface area contributed by atoms with E-state index in [0.717, 1.165) is 18.4 Å². The van der Waals surface area contributed by atoms with E-state index >= 15 is 0 Å². The molecule has 3 unspecified atom stereocenters. The largest absolute Gasteiger partial charge is 0.391 e. The van der Waals surface area contributed by atoms with Gasteiger partial charge in [0.1, 0.15) is 0 Å². The zero-order chi connectivity index (χ0) is 10.8. The van der Waals surface area contributed by atoms with Gasteiger partial charge in [-0.2, -0.15) is 0 Å². The predicted molar refractivity (Wildman–Crippen MR) is 62.8 cm³/mol. The van der Waals surface area contributed by atoms with E-state index in [2.05, 4.69) is 18.7 Å². The maximum atomic E-state index is 10.1. The summed E-state index contributed by atoms with van der Waals surface area (Å²) < 4.78 is 0. The zero-order valence-corrected chi connectivity index (χ0v) is 10.2.